The summed E-state index contributed by atoms with van der Waals surface area (Å²) in [7, 11) is 1.63. The molecule has 5 heteroatoms. The Morgan fingerprint density at radius 3 is 2.54 bits per heavy atom. The molecule has 0 saturated carbocycles. The van der Waals surface area contributed by atoms with Crippen molar-refractivity contribution in [2.24, 2.45) is 0 Å². The summed E-state index contributed by atoms with van der Waals surface area (Å²) in [6, 6.07) is 9.13. The van der Waals surface area contributed by atoms with Crippen LogP contribution in [0.4, 0.5) is 0 Å². The maximum absolute atomic E-state index is 11.6. The van der Waals surface area contributed by atoms with Crippen LogP contribution in [0.2, 0.25) is 5.02 Å². The highest BCUT2D eigenvalue weighted by Crippen LogP contribution is 2.42. The molecule has 1 aliphatic carbocycles. The Morgan fingerprint density at radius 1 is 1.17 bits per heavy atom. The van der Waals surface area contributed by atoms with E-state index in [2.05, 4.69) is 4.98 Å². The number of hydrogen-bond donors (Lipinski definition) is 1. The van der Waals surface area contributed by atoms with Crippen molar-refractivity contribution in [2.75, 3.05) is 7.11 Å². The molecule has 124 valence electrons. The molecule has 0 unspecified atom stereocenters. The van der Waals surface area contributed by atoms with E-state index in [0.29, 0.717) is 10.6 Å². The van der Waals surface area contributed by atoms with Crippen molar-refractivity contribution in [2.45, 2.75) is 25.7 Å². The molecular weight excluding hydrogens is 326 g/mol. The number of halogens is 1. The van der Waals surface area contributed by atoms with Gasteiger partial charge in [0.2, 0.25) is 0 Å². The number of aromatic nitrogens is 1. The van der Waals surface area contributed by atoms with E-state index in [1.165, 1.54) is 6.20 Å². The quantitative estimate of drug-likeness (QED) is 0.855. The lowest BCUT2D eigenvalue weighted by molar-refractivity contribution is 0.0690. The Bertz CT molecular complexity index is 814. The van der Waals surface area contributed by atoms with Crippen molar-refractivity contribution in [3.05, 3.63) is 58.4 Å². The highest BCUT2D eigenvalue weighted by Gasteiger charge is 2.23. The lowest BCUT2D eigenvalue weighted by Gasteiger charge is -2.23. The number of allylic oxidation sites excluding steroid dienone is 2. The first-order valence-corrected chi connectivity index (χ1v) is 8.24. The van der Waals surface area contributed by atoms with Gasteiger partial charge in [0.25, 0.3) is 0 Å². The second kappa shape index (κ2) is 7.05. The molecule has 0 fully saturated rings. The molecule has 2 aromatic rings. The van der Waals surface area contributed by atoms with Crippen molar-refractivity contribution < 1.29 is 14.6 Å². The predicted molar refractivity (Wildman–Crippen MR) is 94.5 cm³/mol. The van der Waals surface area contributed by atoms with Gasteiger partial charge in [-0.3, -0.25) is 0 Å². The fraction of sp³-hybridized carbons (Fsp3) is 0.263. The minimum absolute atomic E-state index is 0.0906. The third-order valence-corrected chi connectivity index (χ3v) is 4.52. The number of carboxylic acids is 1. The van der Waals surface area contributed by atoms with Gasteiger partial charge in [-0.05, 0) is 61.1 Å². The molecule has 0 saturated heterocycles. The normalized spacial score (nSPS) is 14.6. The molecule has 4 nitrogen and oxygen atoms in total. The van der Waals surface area contributed by atoms with Crippen LogP contribution >= 0.6 is 11.6 Å². The van der Waals surface area contributed by atoms with E-state index in [1.807, 2.05) is 18.2 Å². The molecule has 0 amide bonds. The van der Waals surface area contributed by atoms with E-state index in [9.17, 15) is 9.90 Å². The van der Waals surface area contributed by atoms with Gasteiger partial charge in [0.05, 0.1) is 7.11 Å². The standard InChI is InChI=1S/C19H18ClNO3/c1-24-17-9-8-12(20)11-16(17)14-6-3-2-5-13(14)15-7-4-10-21-18(15)19(22)23/h4,7-11H,2-3,5-6H2,1H3,(H,22,23). The van der Waals surface area contributed by atoms with Crippen LogP contribution in [-0.4, -0.2) is 23.2 Å². The summed E-state index contributed by atoms with van der Waals surface area (Å²) >= 11 is 6.18. The first-order valence-electron chi connectivity index (χ1n) is 7.86. The number of benzene rings is 1. The van der Waals surface area contributed by atoms with E-state index < -0.39 is 5.97 Å². The van der Waals surface area contributed by atoms with Gasteiger partial charge in [-0.1, -0.05) is 17.7 Å². The molecule has 1 aliphatic rings. The number of rotatable bonds is 4. The first kappa shape index (κ1) is 16.5. The lowest BCUT2D eigenvalue weighted by atomic mass is 9.83. The lowest BCUT2D eigenvalue weighted by Crippen LogP contribution is -2.08. The Labute approximate surface area is 145 Å². The molecule has 0 aliphatic heterocycles. The van der Waals surface area contributed by atoms with Crippen molar-refractivity contribution in [3.8, 4) is 5.75 Å². The third kappa shape index (κ3) is 3.15. The largest absolute Gasteiger partial charge is 0.496 e. The van der Waals surface area contributed by atoms with Crippen LogP contribution in [0.3, 0.4) is 0 Å². The maximum Gasteiger partial charge on any atom is 0.355 e. The van der Waals surface area contributed by atoms with Gasteiger partial charge in [0, 0.05) is 22.3 Å². The zero-order chi connectivity index (χ0) is 17.1. The average Bonchev–Trinajstić information content (AvgIpc) is 2.61. The van der Waals surface area contributed by atoms with E-state index >= 15 is 0 Å². The van der Waals surface area contributed by atoms with Crippen LogP contribution in [0.1, 0.15) is 47.3 Å². The third-order valence-electron chi connectivity index (χ3n) is 4.29. The van der Waals surface area contributed by atoms with Crippen LogP contribution < -0.4 is 4.74 Å². The zero-order valence-electron chi connectivity index (χ0n) is 13.4. The summed E-state index contributed by atoms with van der Waals surface area (Å²) in [4.78, 5) is 15.6. The molecule has 1 aromatic carbocycles. The van der Waals surface area contributed by atoms with Gasteiger partial charge in [-0.25, -0.2) is 9.78 Å². The van der Waals surface area contributed by atoms with Crippen LogP contribution in [-0.2, 0) is 0 Å². The number of carbonyl (C=O) groups is 1. The monoisotopic (exact) mass is 343 g/mol. The molecule has 0 bridgehead atoms. The smallest absolute Gasteiger partial charge is 0.355 e. The van der Waals surface area contributed by atoms with Gasteiger partial charge in [-0.15, -0.1) is 0 Å². The Kier molecular flexibility index (Phi) is 4.86. The fourth-order valence-electron chi connectivity index (χ4n) is 3.24. The number of methoxy groups -OCH3 is 1. The fourth-order valence-corrected chi connectivity index (χ4v) is 3.41. The van der Waals surface area contributed by atoms with Gasteiger partial charge in [0.1, 0.15) is 5.75 Å². The van der Waals surface area contributed by atoms with Crippen LogP contribution in [0.5, 0.6) is 5.75 Å². The Morgan fingerprint density at radius 2 is 1.88 bits per heavy atom. The van der Waals surface area contributed by atoms with Gasteiger partial charge in [0.15, 0.2) is 5.69 Å². The number of carboxylic acid groups (broad SMARTS) is 1. The number of aromatic carboxylic acids is 1. The molecule has 0 spiro atoms. The highest BCUT2D eigenvalue weighted by atomic mass is 35.5. The molecule has 1 aromatic heterocycles. The predicted octanol–water partition coefficient (Wildman–Crippen LogP) is 4.93. The van der Waals surface area contributed by atoms with Crippen molar-refractivity contribution >= 4 is 28.7 Å². The number of pyridine rings is 1. The number of hydrogen-bond acceptors (Lipinski definition) is 3. The van der Waals surface area contributed by atoms with Crippen LogP contribution in [0.15, 0.2) is 36.5 Å². The van der Waals surface area contributed by atoms with Crippen molar-refractivity contribution in [1.82, 2.24) is 4.98 Å². The molecule has 1 N–H and O–H groups in total. The highest BCUT2D eigenvalue weighted by molar-refractivity contribution is 6.30. The summed E-state index contributed by atoms with van der Waals surface area (Å²) in [5.74, 6) is -0.268. The summed E-state index contributed by atoms with van der Waals surface area (Å²) in [5, 5.41) is 10.1. The van der Waals surface area contributed by atoms with Crippen molar-refractivity contribution in [1.29, 1.82) is 0 Å². The number of ether oxygens (including phenoxy) is 1. The average molecular weight is 344 g/mol. The van der Waals surface area contributed by atoms with Crippen LogP contribution in [0, 0.1) is 0 Å². The first-order chi connectivity index (χ1) is 11.6. The molecule has 0 atom stereocenters. The van der Waals surface area contributed by atoms with Gasteiger partial charge < -0.3 is 9.84 Å². The summed E-state index contributed by atoms with van der Waals surface area (Å²) in [5.41, 5.74) is 3.82. The van der Waals surface area contributed by atoms with Gasteiger partial charge >= 0.3 is 5.97 Å². The van der Waals surface area contributed by atoms with E-state index in [0.717, 1.165) is 48.1 Å². The van der Waals surface area contributed by atoms with Crippen LogP contribution in [0.25, 0.3) is 11.1 Å². The topological polar surface area (TPSA) is 59.4 Å². The molecular formula is C19H18ClNO3. The summed E-state index contributed by atoms with van der Waals surface area (Å²) in [6.07, 6.45) is 5.26. The van der Waals surface area contributed by atoms with E-state index in [4.69, 9.17) is 16.3 Å². The summed E-state index contributed by atoms with van der Waals surface area (Å²) in [6.45, 7) is 0. The summed E-state index contributed by atoms with van der Waals surface area (Å²) < 4.78 is 5.49. The number of nitrogens with zero attached hydrogens (tertiary/aromatic N) is 1. The Hall–Kier alpha value is -2.33. The SMILES string of the molecule is COc1ccc(Cl)cc1C1=C(c2cccnc2C(=O)O)CCCC1. The molecule has 1 heterocycles. The Balaban J connectivity index is 2.24. The van der Waals surface area contributed by atoms with E-state index in [-0.39, 0.29) is 5.69 Å². The van der Waals surface area contributed by atoms with Gasteiger partial charge in [-0.2, -0.15) is 0 Å². The minimum atomic E-state index is -1.01. The molecule has 0 radical (unpaired) electrons. The second-order valence-electron chi connectivity index (χ2n) is 5.71. The minimum Gasteiger partial charge on any atom is -0.496 e. The molecule has 3 rings (SSSR count). The zero-order valence-corrected chi connectivity index (χ0v) is 14.1. The molecule has 24 heavy (non-hydrogen) atoms. The second-order valence-corrected chi connectivity index (χ2v) is 6.15. The van der Waals surface area contributed by atoms with Crippen molar-refractivity contribution in [3.63, 3.8) is 0 Å². The van der Waals surface area contributed by atoms with E-state index in [1.54, 1.807) is 19.2 Å². The maximum atomic E-state index is 11.6.